The summed E-state index contributed by atoms with van der Waals surface area (Å²) in [7, 11) is 1.66. The fourth-order valence-corrected chi connectivity index (χ4v) is 1.85. The van der Waals surface area contributed by atoms with Gasteiger partial charge in [-0.3, -0.25) is 0 Å². The van der Waals surface area contributed by atoms with Crippen molar-refractivity contribution < 1.29 is 9.84 Å². The van der Waals surface area contributed by atoms with Gasteiger partial charge in [0, 0.05) is 24.1 Å². The first-order valence-electron chi connectivity index (χ1n) is 5.02. The number of rotatable bonds is 3. The SMILES string of the molecule is COc1ccc(C(C)CO)c2cc[nH]c12. The molecule has 0 fully saturated rings. The summed E-state index contributed by atoms with van der Waals surface area (Å²) in [5.41, 5.74) is 2.14. The molecule has 0 radical (unpaired) electrons. The van der Waals surface area contributed by atoms with Crippen LogP contribution in [0.1, 0.15) is 18.4 Å². The standard InChI is InChI=1S/C12H15NO2/c1-8(7-14)9-3-4-11(15-2)12-10(9)5-6-13-12/h3-6,8,13-14H,7H2,1-2H3. The van der Waals surface area contributed by atoms with Crippen LogP contribution in [-0.4, -0.2) is 23.8 Å². The highest BCUT2D eigenvalue weighted by atomic mass is 16.5. The molecule has 3 heteroatoms. The number of aromatic nitrogens is 1. The van der Waals surface area contributed by atoms with Crippen LogP contribution in [0.2, 0.25) is 0 Å². The molecule has 0 saturated heterocycles. The first-order chi connectivity index (χ1) is 7.27. The quantitative estimate of drug-likeness (QED) is 0.807. The molecule has 15 heavy (non-hydrogen) atoms. The summed E-state index contributed by atoms with van der Waals surface area (Å²) >= 11 is 0. The number of hydrogen-bond donors (Lipinski definition) is 2. The zero-order valence-electron chi connectivity index (χ0n) is 8.95. The molecule has 80 valence electrons. The van der Waals surface area contributed by atoms with Crippen molar-refractivity contribution in [1.29, 1.82) is 0 Å². The van der Waals surface area contributed by atoms with E-state index < -0.39 is 0 Å². The van der Waals surface area contributed by atoms with Crippen molar-refractivity contribution in [2.24, 2.45) is 0 Å². The molecule has 0 aliphatic rings. The summed E-state index contributed by atoms with van der Waals surface area (Å²) in [4.78, 5) is 3.15. The molecule has 1 heterocycles. The normalized spacial score (nSPS) is 13.0. The summed E-state index contributed by atoms with van der Waals surface area (Å²) in [6.07, 6.45) is 1.89. The molecular weight excluding hydrogens is 190 g/mol. The molecule has 1 atom stereocenters. The van der Waals surface area contributed by atoms with Gasteiger partial charge in [0.25, 0.3) is 0 Å². The molecule has 0 aliphatic carbocycles. The largest absolute Gasteiger partial charge is 0.495 e. The van der Waals surface area contributed by atoms with Gasteiger partial charge in [-0.25, -0.2) is 0 Å². The maximum absolute atomic E-state index is 9.17. The van der Waals surface area contributed by atoms with E-state index in [2.05, 4.69) is 4.98 Å². The Morgan fingerprint density at radius 3 is 2.87 bits per heavy atom. The van der Waals surface area contributed by atoms with Crippen molar-refractivity contribution in [3.05, 3.63) is 30.0 Å². The fourth-order valence-electron chi connectivity index (χ4n) is 1.85. The van der Waals surface area contributed by atoms with Gasteiger partial charge in [-0.1, -0.05) is 13.0 Å². The Kier molecular flexibility index (Phi) is 2.64. The zero-order chi connectivity index (χ0) is 10.8. The van der Waals surface area contributed by atoms with Crippen molar-refractivity contribution in [2.45, 2.75) is 12.8 Å². The lowest BCUT2D eigenvalue weighted by atomic mass is 9.98. The van der Waals surface area contributed by atoms with E-state index in [4.69, 9.17) is 4.74 Å². The molecule has 1 unspecified atom stereocenters. The minimum atomic E-state index is 0.147. The van der Waals surface area contributed by atoms with Crippen LogP contribution >= 0.6 is 0 Å². The van der Waals surface area contributed by atoms with Crippen molar-refractivity contribution in [1.82, 2.24) is 4.98 Å². The lowest BCUT2D eigenvalue weighted by Gasteiger charge is -2.11. The topological polar surface area (TPSA) is 45.2 Å². The molecule has 1 aromatic heterocycles. The first kappa shape index (κ1) is 10.1. The van der Waals surface area contributed by atoms with Gasteiger partial charge in [0.2, 0.25) is 0 Å². The second-order valence-corrected chi connectivity index (χ2v) is 3.71. The van der Waals surface area contributed by atoms with E-state index in [1.165, 1.54) is 0 Å². The number of aliphatic hydroxyl groups excluding tert-OH is 1. The molecule has 0 spiro atoms. The van der Waals surface area contributed by atoms with Crippen LogP contribution < -0.4 is 4.74 Å². The average Bonchev–Trinajstić information content (AvgIpc) is 2.75. The Balaban J connectivity index is 2.63. The number of fused-ring (bicyclic) bond motifs is 1. The number of aromatic amines is 1. The van der Waals surface area contributed by atoms with Crippen molar-refractivity contribution in [3.63, 3.8) is 0 Å². The Hall–Kier alpha value is -1.48. The number of hydrogen-bond acceptors (Lipinski definition) is 2. The van der Waals surface area contributed by atoms with E-state index >= 15 is 0 Å². The number of ether oxygens (including phenoxy) is 1. The summed E-state index contributed by atoms with van der Waals surface area (Å²) in [6, 6.07) is 5.95. The highest BCUT2D eigenvalue weighted by Crippen LogP contribution is 2.31. The van der Waals surface area contributed by atoms with Crippen LogP contribution in [0.3, 0.4) is 0 Å². The van der Waals surface area contributed by atoms with E-state index in [1.54, 1.807) is 7.11 Å². The summed E-state index contributed by atoms with van der Waals surface area (Å²) in [5, 5.41) is 10.3. The van der Waals surface area contributed by atoms with Crippen LogP contribution in [0.4, 0.5) is 0 Å². The predicted molar refractivity (Wildman–Crippen MR) is 60.4 cm³/mol. The van der Waals surface area contributed by atoms with Gasteiger partial charge >= 0.3 is 0 Å². The van der Waals surface area contributed by atoms with Crippen molar-refractivity contribution in [2.75, 3.05) is 13.7 Å². The summed E-state index contributed by atoms with van der Waals surface area (Å²) in [5.74, 6) is 0.984. The van der Waals surface area contributed by atoms with Crippen LogP contribution in [-0.2, 0) is 0 Å². The highest BCUT2D eigenvalue weighted by Gasteiger charge is 2.11. The second-order valence-electron chi connectivity index (χ2n) is 3.71. The van der Waals surface area contributed by atoms with Crippen LogP contribution in [0, 0.1) is 0 Å². The van der Waals surface area contributed by atoms with E-state index in [0.717, 1.165) is 22.2 Å². The molecule has 0 aliphatic heterocycles. The summed E-state index contributed by atoms with van der Waals surface area (Å²) < 4.78 is 5.26. The third-order valence-electron chi connectivity index (χ3n) is 2.74. The van der Waals surface area contributed by atoms with Gasteiger partial charge in [-0.05, 0) is 17.7 Å². The zero-order valence-corrected chi connectivity index (χ0v) is 8.95. The minimum absolute atomic E-state index is 0.147. The van der Waals surface area contributed by atoms with Gasteiger partial charge in [0.05, 0.1) is 12.6 Å². The molecule has 2 N–H and O–H groups in total. The van der Waals surface area contributed by atoms with Crippen molar-refractivity contribution in [3.8, 4) is 5.75 Å². The van der Waals surface area contributed by atoms with E-state index in [-0.39, 0.29) is 12.5 Å². The number of H-pyrrole nitrogens is 1. The molecule has 2 aromatic rings. The first-order valence-corrected chi connectivity index (χ1v) is 5.02. The molecule has 1 aromatic carbocycles. The van der Waals surface area contributed by atoms with Crippen LogP contribution in [0.15, 0.2) is 24.4 Å². The maximum Gasteiger partial charge on any atom is 0.142 e. The molecule has 0 amide bonds. The molecule has 0 saturated carbocycles. The number of nitrogens with one attached hydrogen (secondary N) is 1. The second kappa shape index (κ2) is 3.95. The van der Waals surface area contributed by atoms with Crippen molar-refractivity contribution >= 4 is 10.9 Å². The van der Waals surface area contributed by atoms with Gasteiger partial charge in [0.1, 0.15) is 5.75 Å². The van der Waals surface area contributed by atoms with Crippen LogP contribution in [0.5, 0.6) is 5.75 Å². The smallest absolute Gasteiger partial charge is 0.142 e. The summed E-state index contributed by atoms with van der Waals surface area (Å²) in [6.45, 7) is 2.17. The third-order valence-corrected chi connectivity index (χ3v) is 2.74. The Morgan fingerprint density at radius 1 is 1.40 bits per heavy atom. The van der Waals surface area contributed by atoms with E-state index in [0.29, 0.717) is 0 Å². The Bertz CT molecular complexity index is 462. The van der Waals surface area contributed by atoms with E-state index in [1.807, 2.05) is 31.3 Å². The lowest BCUT2D eigenvalue weighted by molar-refractivity contribution is 0.273. The molecule has 3 nitrogen and oxygen atoms in total. The number of methoxy groups -OCH3 is 1. The monoisotopic (exact) mass is 205 g/mol. The Morgan fingerprint density at radius 2 is 2.20 bits per heavy atom. The van der Waals surface area contributed by atoms with Gasteiger partial charge in [0.15, 0.2) is 0 Å². The molecule has 2 rings (SSSR count). The maximum atomic E-state index is 9.17. The van der Waals surface area contributed by atoms with Crippen LogP contribution in [0.25, 0.3) is 10.9 Å². The lowest BCUT2D eigenvalue weighted by Crippen LogP contribution is -1.99. The molecular formula is C12H15NO2. The number of aliphatic hydroxyl groups is 1. The minimum Gasteiger partial charge on any atom is -0.495 e. The number of benzene rings is 1. The van der Waals surface area contributed by atoms with Gasteiger partial charge in [-0.2, -0.15) is 0 Å². The Labute approximate surface area is 88.7 Å². The van der Waals surface area contributed by atoms with Gasteiger partial charge in [-0.15, -0.1) is 0 Å². The predicted octanol–water partition coefficient (Wildman–Crippen LogP) is 2.27. The molecule has 0 bridgehead atoms. The average molecular weight is 205 g/mol. The van der Waals surface area contributed by atoms with E-state index in [9.17, 15) is 5.11 Å². The van der Waals surface area contributed by atoms with Gasteiger partial charge < -0.3 is 14.8 Å². The fraction of sp³-hybridized carbons (Fsp3) is 0.333. The highest BCUT2D eigenvalue weighted by molar-refractivity contribution is 5.88. The third kappa shape index (κ3) is 1.59.